The van der Waals surface area contributed by atoms with Gasteiger partial charge in [0.15, 0.2) is 0 Å². The number of aliphatic hydroxyl groups excluding tert-OH is 6. The monoisotopic (exact) mass is 644 g/mol. The molecule has 0 saturated carbocycles. The topological polar surface area (TPSA) is 354 Å². The first kappa shape index (κ1) is 46.7. The van der Waals surface area contributed by atoms with Gasteiger partial charge in [0.25, 0.3) is 0 Å². The molecule has 0 radical (unpaired) electrons. The molecule has 0 aromatic rings. The number of hydrogen-bond donors (Lipinski definition) is 12. The minimum absolute atomic E-state index is 0.141. The van der Waals surface area contributed by atoms with Crippen molar-refractivity contribution in [3.05, 3.63) is 36.5 Å². The van der Waals surface area contributed by atoms with Crippen LogP contribution >= 0.6 is 0 Å². The van der Waals surface area contributed by atoms with Crippen LogP contribution in [-0.2, 0) is 33.5 Å². The molecule has 0 aliphatic carbocycles. The molecular formula is C25H40O19. The van der Waals surface area contributed by atoms with Crippen molar-refractivity contribution in [1.82, 2.24) is 0 Å². The van der Waals surface area contributed by atoms with Crippen molar-refractivity contribution >= 4 is 35.8 Å². The zero-order chi connectivity index (χ0) is 35.7. The van der Waals surface area contributed by atoms with Crippen LogP contribution in [0.2, 0.25) is 0 Å². The van der Waals surface area contributed by atoms with Crippen LogP contribution in [0.1, 0.15) is 19.3 Å². The summed E-state index contributed by atoms with van der Waals surface area (Å²) in [5.74, 6) is -7.33. The number of aliphatic hydroxyl groups is 6. The highest BCUT2D eigenvalue weighted by Gasteiger charge is 2.32. The van der Waals surface area contributed by atoms with Gasteiger partial charge < -0.3 is 66.0 Å². The summed E-state index contributed by atoms with van der Waals surface area (Å²) in [4.78, 5) is 59.0. The molecule has 12 N–H and O–H groups in total. The van der Waals surface area contributed by atoms with Gasteiger partial charge in [-0.05, 0) is 0 Å². The summed E-state index contributed by atoms with van der Waals surface area (Å²) in [6, 6.07) is 0. The molecule has 19 nitrogen and oxygen atoms in total. The van der Waals surface area contributed by atoms with E-state index in [4.69, 9.17) is 66.0 Å². The normalized spacial score (nSPS) is 10.2. The van der Waals surface area contributed by atoms with Gasteiger partial charge in [-0.25, -0.2) is 14.4 Å². The predicted octanol–water partition coefficient (Wildman–Crippen LogP) is -2.76. The maximum Gasteiger partial charge on any atom is 0.331 e. The lowest BCUT2D eigenvalue weighted by Crippen LogP contribution is -2.43. The Labute approximate surface area is 250 Å². The van der Waals surface area contributed by atoms with Crippen LogP contribution in [0.3, 0.4) is 0 Å². The summed E-state index contributed by atoms with van der Waals surface area (Å²) in [6.45, 7) is 6.04. The van der Waals surface area contributed by atoms with Crippen LogP contribution in [-0.4, -0.2) is 150 Å². The Bertz CT molecular complexity index is 849. The molecule has 19 heteroatoms. The molecule has 0 bridgehead atoms. The number of aliphatic carboxylic acids is 6. The lowest BCUT2D eigenvalue weighted by Gasteiger charge is -2.31. The summed E-state index contributed by atoms with van der Waals surface area (Å²) < 4.78 is 5.15. The van der Waals surface area contributed by atoms with E-state index in [0.29, 0.717) is 0 Å². The van der Waals surface area contributed by atoms with Crippen molar-refractivity contribution in [2.75, 3.05) is 52.9 Å². The minimum Gasteiger partial charge on any atom is -0.481 e. The van der Waals surface area contributed by atoms with Crippen molar-refractivity contribution in [3.63, 3.8) is 0 Å². The predicted molar refractivity (Wildman–Crippen MR) is 145 cm³/mol. The molecule has 0 atom stereocenters. The third-order valence-corrected chi connectivity index (χ3v) is 4.83. The average molecular weight is 645 g/mol. The summed E-state index contributed by atoms with van der Waals surface area (Å²) in [5.41, 5.74) is -3.23. The SMILES string of the molecule is C=C(CC(=O)O)C(=O)O.C=C(CC(=O)O)C(=O)O.C=C(CC(=O)O)C(=O)O.OCC(CO)(CO)COCC(CO)(CO)CO. The largest absolute Gasteiger partial charge is 0.481 e. The van der Waals surface area contributed by atoms with Crippen LogP contribution in [0.5, 0.6) is 0 Å². The Morgan fingerprint density at radius 1 is 0.432 bits per heavy atom. The third kappa shape index (κ3) is 24.4. The molecule has 0 rings (SSSR count). The summed E-state index contributed by atoms with van der Waals surface area (Å²) in [7, 11) is 0. The first-order valence-electron chi connectivity index (χ1n) is 11.8. The Morgan fingerprint density at radius 2 is 0.614 bits per heavy atom. The van der Waals surface area contributed by atoms with Crippen LogP contribution < -0.4 is 0 Å². The van der Waals surface area contributed by atoms with E-state index in [2.05, 4.69) is 19.7 Å². The molecule has 0 aromatic heterocycles. The summed E-state index contributed by atoms with van der Waals surface area (Å²) in [5, 5.41) is 102. The lowest BCUT2D eigenvalue weighted by molar-refractivity contribution is -0.139. The summed E-state index contributed by atoms with van der Waals surface area (Å²) in [6.07, 6.45) is -1.51. The van der Waals surface area contributed by atoms with Gasteiger partial charge in [-0.2, -0.15) is 0 Å². The van der Waals surface area contributed by atoms with E-state index in [1.54, 1.807) is 0 Å². The van der Waals surface area contributed by atoms with Crippen LogP contribution in [0.4, 0.5) is 0 Å². The maximum absolute atomic E-state index is 9.87. The Kier molecular flexibility index (Phi) is 26.8. The second kappa shape index (κ2) is 25.3. The molecule has 0 aromatic carbocycles. The number of ether oxygens (including phenoxy) is 1. The van der Waals surface area contributed by atoms with E-state index >= 15 is 0 Å². The smallest absolute Gasteiger partial charge is 0.331 e. The Hall–Kier alpha value is -4.24. The molecule has 0 aliphatic heterocycles. The van der Waals surface area contributed by atoms with Gasteiger partial charge in [-0.1, -0.05) is 19.7 Å². The van der Waals surface area contributed by atoms with Gasteiger partial charge in [-0.15, -0.1) is 0 Å². The van der Waals surface area contributed by atoms with Gasteiger partial charge in [-0.3, -0.25) is 14.4 Å². The van der Waals surface area contributed by atoms with E-state index in [1.807, 2.05) is 0 Å². The number of rotatable bonds is 19. The minimum atomic E-state index is -1.27. The highest BCUT2D eigenvalue weighted by Crippen LogP contribution is 2.19. The fraction of sp³-hybridized carbons (Fsp3) is 0.520. The molecular weight excluding hydrogens is 604 g/mol. The lowest BCUT2D eigenvalue weighted by atomic mass is 9.91. The van der Waals surface area contributed by atoms with Crippen LogP contribution in [0.25, 0.3) is 0 Å². The van der Waals surface area contributed by atoms with E-state index in [9.17, 15) is 28.8 Å². The van der Waals surface area contributed by atoms with E-state index in [-0.39, 0.29) is 29.9 Å². The van der Waals surface area contributed by atoms with Crippen LogP contribution in [0.15, 0.2) is 36.5 Å². The van der Waals surface area contributed by atoms with E-state index in [0.717, 1.165) is 0 Å². The first-order chi connectivity index (χ1) is 20.2. The fourth-order valence-electron chi connectivity index (χ4n) is 1.83. The molecule has 44 heavy (non-hydrogen) atoms. The molecule has 0 spiro atoms. The maximum atomic E-state index is 9.87. The fourth-order valence-corrected chi connectivity index (χ4v) is 1.83. The quantitative estimate of drug-likeness (QED) is 0.0633. The van der Waals surface area contributed by atoms with Crippen molar-refractivity contribution in [2.24, 2.45) is 10.8 Å². The molecule has 0 heterocycles. The Morgan fingerprint density at radius 3 is 0.705 bits per heavy atom. The average Bonchev–Trinajstić information content (AvgIpc) is 2.94. The van der Waals surface area contributed by atoms with Gasteiger partial charge in [0.1, 0.15) is 0 Å². The molecule has 0 amide bonds. The van der Waals surface area contributed by atoms with Crippen molar-refractivity contribution in [1.29, 1.82) is 0 Å². The van der Waals surface area contributed by atoms with Gasteiger partial charge in [0.05, 0.1) is 82.9 Å². The van der Waals surface area contributed by atoms with Gasteiger partial charge >= 0.3 is 35.8 Å². The molecule has 0 fully saturated rings. The molecule has 254 valence electrons. The second-order valence-corrected chi connectivity index (χ2v) is 8.88. The number of carbonyl (C=O) groups is 6. The first-order valence-corrected chi connectivity index (χ1v) is 11.8. The number of hydrogen-bond acceptors (Lipinski definition) is 13. The highest BCUT2D eigenvalue weighted by molar-refractivity contribution is 5.92. The van der Waals surface area contributed by atoms with Crippen molar-refractivity contribution in [3.8, 4) is 0 Å². The van der Waals surface area contributed by atoms with Gasteiger partial charge in [0, 0.05) is 16.7 Å². The van der Waals surface area contributed by atoms with Crippen LogP contribution in [0, 0.1) is 10.8 Å². The van der Waals surface area contributed by atoms with Crippen molar-refractivity contribution < 1.29 is 94.8 Å². The molecule has 0 saturated heterocycles. The summed E-state index contributed by atoms with van der Waals surface area (Å²) >= 11 is 0. The zero-order valence-electron chi connectivity index (χ0n) is 23.6. The van der Waals surface area contributed by atoms with E-state index < -0.39 is 106 Å². The molecule has 0 unspecified atom stereocenters. The molecule has 0 aliphatic rings. The van der Waals surface area contributed by atoms with Gasteiger partial charge in [0.2, 0.25) is 0 Å². The Balaban J connectivity index is -0.000000256. The number of carboxylic acids is 6. The zero-order valence-corrected chi connectivity index (χ0v) is 23.6. The standard InChI is InChI=1S/C10H22O7.3C5H6O4/c11-1-9(2-12,3-13)7-17-8-10(4-14,5-15)6-16;3*1-3(5(8)9)2-4(6)7/h11-16H,1-8H2;3*1-2H2,(H,6,7)(H,8,9). The van der Waals surface area contributed by atoms with E-state index in [1.165, 1.54) is 0 Å². The van der Waals surface area contributed by atoms with Crippen molar-refractivity contribution in [2.45, 2.75) is 19.3 Å². The second-order valence-electron chi connectivity index (χ2n) is 8.88. The number of carboxylic acid groups (broad SMARTS) is 6. The highest BCUT2D eigenvalue weighted by atomic mass is 16.5. The third-order valence-electron chi connectivity index (χ3n) is 4.83.